The van der Waals surface area contributed by atoms with Crippen LogP contribution in [-0.2, 0) is 16.4 Å². The van der Waals surface area contributed by atoms with Crippen LogP contribution in [0.3, 0.4) is 0 Å². The van der Waals surface area contributed by atoms with Crippen molar-refractivity contribution in [2.45, 2.75) is 71.1 Å². The van der Waals surface area contributed by atoms with Gasteiger partial charge < -0.3 is 21.1 Å². The van der Waals surface area contributed by atoms with E-state index in [1.54, 1.807) is 18.2 Å². The van der Waals surface area contributed by atoms with Gasteiger partial charge >= 0.3 is 0 Å². The molecule has 4 N–H and O–H groups in total. The van der Waals surface area contributed by atoms with Crippen LogP contribution in [-0.4, -0.2) is 63.0 Å². The number of carbonyl (C=O) groups is 1. The Bertz CT molecular complexity index is 1110. The van der Waals surface area contributed by atoms with E-state index in [1.165, 1.54) is 4.31 Å². The fraction of sp³-hybridized carbons (Fsp3) is 0.536. The minimum Gasteiger partial charge on any atom is -0.390 e. The molecule has 8 nitrogen and oxygen atoms in total. The molecule has 0 saturated carbocycles. The average molecular weight is 531 g/mol. The molecule has 2 aromatic carbocycles. The van der Waals surface area contributed by atoms with Gasteiger partial charge in [-0.05, 0) is 63.3 Å². The first-order valence-corrected chi connectivity index (χ1v) is 15.0. The van der Waals surface area contributed by atoms with E-state index in [-0.39, 0.29) is 17.7 Å². The highest BCUT2D eigenvalue weighted by molar-refractivity contribution is 7.92. The summed E-state index contributed by atoms with van der Waals surface area (Å²) in [4.78, 5) is 13.5. The Labute approximate surface area is 221 Å². The Morgan fingerprint density at radius 2 is 1.86 bits per heavy atom. The lowest BCUT2D eigenvalue weighted by Crippen LogP contribution is -2.49. The number of amides is 1. The SMILES string of the molecule is CCCC(C)NC[C@@H](O)[C@H](Cc1ccccc1)NC(=O)c1cc(NCC)cc(N2CCCCS2(=O)=O)c1. The van der Waals surface area contributed by atoms with Gasteiger partial charge in [-0.2, -0.15) is 0 Å². The van der Waals surface area contributed by atoms with E-state index in [1.807, 2.05) is 37.3 Å². The second kappa shape index (κ2) is 13.8. The molecule has 2 aromatic rings. The highest BCUT2D eigenvalue weighted by atomic mass is 32.2. The lowest BCUT2D eigenvalue weighted by atomic mass is 10.00. The fourth-order valence-electron chi connectivity index (χ4n) is 4.67. The average Bonchev–Trinajstić information content (AvgIpc) is 2.87. The molecule has 3 rings (SSSR count). The molecule has 204 valence electrons. The van der Waals surface area contributed by atoms with Gasteiger partial charge in [-0.25, -0.2) is 8.42 Å². The number of rotatable bonds is 13. The largest absolute Gasteiger partial charge is 0.390 e. The fourth-order valence-corrected chi connectivity index (χ4v) is 6.30. The second-order valence-electron chi connectivity index (χ2n) is 9.83. The van der Waals surface area contributed by atoms with Gasteiger partial charge in [0.25, 0.3) is 5.91 Å². The first-order valence-electron chi connectivity index (χ1n) is 13.4. The number of anilines is 2. The lowest BCUT2D eigenvalue weighted by Gasteiger charge is -2.29. The van der Waals surface area contributed by atoms with Gasteiger partial charge in [0.05, 0.1) is 23.6 Å². The van der Waals surface area contributed by atoms with Gasteiger partial charge in [-0.1, -0.05) is 43.7 Å². The van der Waals surface area contributed by atoms with Gasteiger partial charge in [0, 0.05) is 36.9 Å². The third-order valence-electron chi connectivity index (χ3n) is 6.67. The van der Waals surface area contributed by atoms with Gasteiger partial charge in [-0.3, -0.25) is 9.10 Å². The maximum atomic E-state index is 13.5. The van der Waals surface area contributed by atoms with Crippen LogP contribution >= 0.6 is 0 Å². The van der Waals surface area contributed by atoms with Crippen LogP contribution in [0.1, 0.15) is 62.4 Å². The van der Waals surface area contributed by atoms with Crippen molar-refractivity contribution in [3.8, 4) is 0 Å². The Morgan fingerprint density at radius 1 is 1.11 bits per heavy atom. The predicted octanol–water partition coefficient (Wildman–Crippen LogP) is 3.53. The van der Waals surface area contributed by atoms with Crippen molar-refractivity contribution in [1.82, 2.24) is 10.6 Å². The van der Waals surface area contributed by atoms with E-state index >= 15 is 0 Å². The zero-order valence-electron chi connectivity index (χ0n) is 22.2. The zero-order chi connectivity index (χ0) is 26.8. The minimum atomic E-state index is -3.42. The summed E-state index contributed by atoms with van der Waals surface area (Å²) in [6, 6.07) is 14.6. The van der Waals surface area contributed by atoms with E-state index in [4.69, 9.17) is 0 Å². The number of benzene rings is 2. The van der Waals surface area contributed by atoms with Gasteiger partial charge in [0.15, 0.2) is 0 Å². The Morgan fingerprint density at radius 3 is 2.54 bits per heavy atom. The molecule has 37 heavy (non-hydrogen) atoms. The van der Waals surface area contributed by atoms with E-state index < -0.39 is 22.2 Å². The van der Waals surface area contributed by atoms with Crippen LogP contribution in [0.15, 0.2) is 48.5 Å². The van der Waals surface area contributed by atoms with Crippen LogP contribution in [0.25, 0.3) is 0 Å². The summed E-state index contributed by atoms with van der Waals surface area (Å²) < 4.78 is 26.9. The first-order chi connectivity index (χ1) is 17.7. The van der Waals surface area contributed by atoms with Crippen LogP contribution in [0.5, 0.6) is 0 Å². The number of nitrogens with one attached hydrogen (secondary N) is 3. The van der Waals surface area contributed by atoms with Crippen LogP contribution < -0.4 is 20.3 Å². The van der Waals surface area contributed by atoms with Gasteiger partial charge in [0.2, 0.25) is 10.0 Å². The van der Waals surface area contributed by atoms with Crippen molar-refractivity contribution in [2.75, 3.05) is 35.0 Å². The maximum absolute atomic E-state index is 13.5. The first kappa shape index (κ1) is 28.9. The topological polar surface area (TPSA) is 111 Å². The third kappa shape index (κ3) is 8.45. The predicted molar refractivity (Wildman–Crippen MR) is 151 cm³/mol. The number of nitrogens with zero attached hydrogens (tertiary/aromatic N) is 1. The van der Waals surface area contributed by atoms with Crippen LogP contribution in [0.2, 0.25) is 0 Å². The monoisotopic (exact) mass is 530 g/mol. The zero-order valence-corrected chi connectivity index (χ0v) is 23.1. The van der Waals surface area contributed by atoms with Crippen molar-refractivity contribution in [1.29, 1.82) is 0 Å². The molecule has 1 fully saturated rings. The van der Waals surface area contributed by atoms with Crippen LogP contribution in [0.4, 0.5) is 11.4 Å². The molecule has 1 aliphatic rings. The minimum absolute atomic E-state index is 0.106. The van der Waals surface area contributed by atoms with Crippen molar-refractivity contribution in [3.05, 3.63) is 59.7 Å². The number of hydrogen-bond acceptors (Lipinski definition) is 6. The molecule has 1 aliphatic heterocycles. The number of carbonyl (C=O) groups excluding carboxylic acids is 1. The lowest BCUT2D eigenvalue weighted by molar-refractivity contribution is 0.0825. The van der Waals surface area contributed by atoms with E-state index in [0.717, 1.165) is 24.8 Å². The molecule has 0 spiro atoms. The number of aliphatic hydroxyl groups excluding tert-OH is 1. The van der Waals surface area contributed by atoms with Crippen molar-refractivity contribution >= 4 is 27.3 Å². The molecule has 1 amide bonds. The molecule has 3 atom stereocenters. The highest BCUT2D eigenvalue weighted by Gasteiger charge is 2.28. The Hall–Kier alpha value is -2.62. The Balaban J connectivity index is 1.85. The molecule has 0 bridgehead atoms. The van der Waals surface area contributed by atoms with E-state index in [9.17, 15) is 18.3 Å². The molecule has 1 unspecified atom stereocenters. The second-order valence-corrected chi connectivity index (χ2v) is 11.8. The Kier molecular flexibility index (Phi) is 10.8. The number of sulfonamides is 1. The number of hydrogen-bond donors (Lipinski definition) is 4. The number of aliphatic hydroxyl groups is 1. The summed E-state index contributed by atoms with van der Waals surface area (Å²) in [5, 5.41) is 20.7. The smallest absolute Gasteiger partial charge is 0.251 e. The summed E-state index contributed by atoms with van der Waals surface area (Å²) in [6.45, 7) is 7.54. The molecular formula is C28H42N4O4S. The van der Waals surface area contributed by atoms with Gasteiger partial charge in [-0.15, -0.1) is 0 Å². The quantitative estimate of drug-likeness (QED) is 0.315. The van der Waals surface area contributed by atoms with Crippen LogP contribution in [0, 0.1) is 0 Å². The summed E-state index contributed by atoms with van der Waals surface area (Å²) in [5.41, 5.74) is 2.53. The maximum Gasteiger partial charge on any atom is 0.251 e. The molecule has 1 heterocycles. The van der Waals surface area contributed by atoms with Crippen molar-refractivity contribution < 1.29 is 18.3 Å². The van der Waals surface area contributed by atoms with Crippen molar-refractivity contribution in [3.63, 3.8) is 0 Å². The van der Waals surface area contributed by atoms with Gasteiger partial charge in [0.1, 0.15) is 0 Å². The van der Waals surface area contributed by atoms with E-state index in [2.05, 4.69) is 29.8 Å². The molecule has 1 saturated heterocycles. The normalized spacial score (nSPS) is 17.6. The molecule has 9 heteroatoms. The molecule has 0 aliphatic carbocycles. The highest BCUT2D eigenvalue weighted by Crippen LogP contribution is 2.28. The summed E-state index contributed by atoms with van der Waals surface area (Å²) >= 11 is 0. The third-order valence-corrected chi connectivity index (χ3v) is 8.54. The molecular weight excluding hydrogens is 488 g/mol. The molecule has 0 aromatic heterocycles. The summed E-state index contributed by atoms with van der Waals surface area (Å²) in [7, 11) is -3.42. The molecule has 0 radical (unpaired) electrons. The van der Waals surface area contributed by atoms with Crippen molar-refractivity contribution in [2.24, 2.45) is 0 Å². The summed E-state index contributed by atoms with van der Waals surface area (Å²) in [5.74, 6) is -0.244. The standard InChI is InChI=1S/C28H42N4O4S/c1-4-11-21(3)30-20-27(33)26(16-22-12-7-6-8-13-22)31-28(34)23-17-24(29-5-2)19-25(18-23)32-14-9-10-15-37(32,35)36/h6-8,12-13,17-19,21,26-27,29-30,33H,4-5,9-11,14-16,20H2,1-3H3,(H,31,34)/t21?,26-,27+/m0/s1. The summed E-state index contributed by atoms with van der Waals surface area (Å²) in [6.07, 6.45) is 3.14. The van der Waals surface area contributed by atoms with E-state index in [0.29, 0.717) is 49.4 Å².